The van der Waals surface area contributed by atoms with Crippen molar-refractivity contribution in [2.75, 3.05) is 14.2 Å². The van der Waals surface area contributed by atoms with Gasteiger partial charge in [0.2, 0.25) is 0 Å². The Hall–Kier alpha value is -3.65. The fraction of sp³-hybridized carbons (Fsp3) is 0.100. The van der Waals surface area contributed by atoms with Gasteiger partial charge in [-0.25, -0.2) is 19.9 Å². The predicted octanol–water partition coefficient (Wildman–Crippen LogP) is 3.75. The average molecular weight is 409 g/mol. The first-order valence-electron chi connectivity index (χ1n) is 8.46. The minimum atomic E-state index is 0.285. The van der Waals surface area contributed by atoms with E-state index in [1.54, 1.807) is 31.9 Å². The van der Waals surface area contributed by atoms with Gasteiger partial charge in [0.25, 0.3) is 0 Å². The monoisotopic (exact) mass is 408 g/mol. The van der Waals surface area contributed by atoms with Crippen LogP contribution in [0.3, 0.4) is 0 Å². The Morgan fingerprint density at radius 2 is 1.28 bits per heavy atom. The first-order valence-corrected chi connectivity index (χ1v) is 8.84. The number of methoxy groups -OCH3 is 2. The van der Waals surface area contributed by atoms with Crippen molar-refractivity contribution in [3.63, 3.8) is 0 Å². The van der Waals surface area contributed by atoms with Crippen molar-refractivity contribution in [3.8, 4) is 34.5 Å². The van der Waals surface area contributed by atoms with Crippen molar-refractivity contribution in [3.05, 3.63) is 72.5 Å². The van der Waals surface area contributed by atoms with Crippen LogP contribution >= 0.6 is 11.6 Å². The highest BCUT2D eigenvalue weighted by atomic mass is 35.5. The van der Waals surface area contributed by atoms with Crippen molar-refractivity contribution in [1.82, 2.24) is 29.9 Å². The van der Waals surface area contributed by atoms with Crippen molar-refractivity contribution < 1.29 is 9.47 Å². The van der Waals surface area contributed by atoms with Gasteiger partial charge in [0, 0.05) is 12.4 Å². The van der Waals surface area contributed by atoms with Gasteiger partial charge in [-0.2, -0.15) is 0 Å². The summed E-state index contributed by atoms with van der Waals surface area (Å²) in [6.07, 6.45) is 8.16. The molecule has 0 saturated heterocycles. The van der Waals surface area contributed by atoms with Gasteiger partial charge in [0.1, 0.15) is 11.4 Å². The maximum Gasteiger partial charge on any atom is 0.179 e. The summed E-state index contributed by atoms with van der Waals surface area (Å²) in [7, 11) is 3.10. The Morgan fingerprint density at radius 1 is 0.690 bits per heavy atom. The predicted molar refractivity (Wildman–Crippen MR) is 109 cm³/mol. The van der Waals surface area contributed by atoms with Crippen LogP contribution in [-0.4, -0.2) is 44.1 Å². The van der Waals surface area contributed by atoms with E-state index in [1.165, 1.54) is 13.3 Å². The summed E-state index contributed by atoms with van der Waals surface area (Å²) in [6, 6.07) is 11.1. The van der Waals surface area contributed by atoms with Crippen molar-refractivity contribution >= 4 is 11.6 Å². The van der Waals surface area contributed by atoms with E-state index in [1.807, 2.05) is 36.4 Å². The van der Waals surface area contributed by atoms with Crippen LogP contribution in [0.2, 0.25) is 5.15 Å². The molecule has 4 aromatic heterocycles. The van der Waals surface area contributed by atoms with Gasteiger partial charge < -0.3 is 9.47 Å². The molecule has 4 heterocycles. The van der Waals surface area contributed by atoms with Gasteiger partial charge in [-0.1, -0.05) is 23.7 Å². The molecule has 0 aliphatic rings. The van der Waals surface area contributed by atoms with E-state index >= 15 is 0 Å². The van der Waals surface area contributed by atoms with E-state index in [4.69, 9.17) is 21.1 Å². The molecule has 0 radical (unpaired) electrons. The fourth-order valence-electron chi connectivity index (χ4n) is 2.15. The summed E-state index contributed by atoms with van der Waals surface area (Å²) in [5.41, 5.74) is 1.44. The summed E-state index contributed by atoms with van der Waals surface area (Å²) < 4.78 is 9.92. The molecule has 0 amide bonds. The van der Waals surface area contributed by atoms with Crippen LogP contribution in [0.4, 0.5) is 0 Å². The number of hydrogen-bond acceptors (Lipinski definition) is 8. The zero-order valence-electron chi connectivity index (χ0n) is 15.7. The van der Waals surface area contributed by atoms with E-state index in [0.29, 0.717) is 28.8 Å². The molecule has 0 aromatic carbocycles. The molecule has 29 heavy (non-hydrogen) atoms. The number of ether oxygens (including phenoxy) is 2. The van der Waals surface area contributed by atoms with Gasteiger partial charge in [-0.3, -0.25) is 9.97 Å². The van der Waals surface area contributed by atoms with Gasteiger partial charge in [0.15, 0.2) is 28.3 Å². The summed E-state index contributed by atoms with van der Waals surface area (Å²) >= 11 is 5.88. The number of hydrogen-bond donors (Lipinski definition) is 0. The first-order chi connectivity index (χ1) is 14.2. The highest BCUT2D eigenvalue weighted by molar-refractivity contribution is 6.30. The molecule has 9 heteroatoms. The molecule has 0 N–H and O–H groups in total. The Kier molecular flexibility index (Phi) is 6.96. The third-order valence-corrected chi connectivity index (χ3v) is 3.85. The largest absolute Gasteiger partial charge is 0.494 e. The minimum Gasteiger partial charge on any atom is -0.494 e. The minimum absolute atomic E-state index is 0.285. The number of nitrogens with zero attached hydrogens (tertiary/aromatic N) is 6. The maximum absolute atomic E-state index is 5.88. The van der Waals surface area contributed by atoms with E-state index < -0.39 is 0 Å². The Labute approximate surface area is 172 Å². The zero-order valence-corrected chi connectivity index (χ0v) is 16.5. The maximum atomic E-state index is 5.88. The lowest BCUT2D eigenvalue weighted by molar-refractivity contribution is 0.411. The molecule has 0 fully saturated rings. The molecular formula is C20H17ClN6O2. The lowest BCUT2D eigenvalue weighted by atomic mass is 10.3. The van der Waals surface area contributed by atoms with E-state index in [0.717, 1.165) is 5.69 Å². The van der Waals surface area contributed by atoms with Crippen molar-refractivity contribution in [1.29, 1.82) is 0 Å². The van der Waals surface area contributed by atoms with Crippen LogP contribution in [0.5, 0.6) is 11.5 Å². The molecule has 0 unspecified atom stereocenters. The van der Waals surface area contributed by atoms with Crippen LogP contribution in [0.15, 0.2) is 67.4 Å². The zero-order chi connectivity index (χ0) is 20.5. The molecular weight excluding hydrogens is 392 g/mol. The Morgan fingerprint density at radius 3 is 1.76 bits per heavy atom. The number of aromatic nitrogens is 6. The van der Waals surface area contributed by atoms with Gasteiger partial charge in [0.05, 0.1) is 32.8 Å². The number of rotatable bonds is 4. The normalized spacial score (nSPS) is 9.90. The molecule has 4 rings (SSSR count). The second kappa shape index (κ2) is 10.0. The molecule has 0 bridgehead atoms. The lowest BCUT2D eigenvalue weighted by Crippen LogP contribution is -1.94. The van der Waals surface area contributed by atoms with Crippen LogP contribution in [-0.2, 0) is 0 Å². The third-order valence-electron chi connectivity index (χ3n) is 3.58. The SMILES string of the molecule is COc1cnc(-c2ccccn2)nc1.COc1cnc(-c2ccccn2)nc1Cl. The number of pyridine rings is 2. The van der Waals surface area contributed by atoms with Crippen LogP contribution in [0.25, 0.3) is 23.0 Å². The van der Waals surface area contributed by atoms with E-state index in [-0.39, 0.29) is 5.15 Å². The second-order valence-corrected chi connectivity index (χ2v) is 5.79. The van der Waals surface area contributed by atoms with Crippen LogP contribution in [0, 0.1) is 0 Å². The quantitative estimate of drug-likeness (QED) is 0.471. The van der Waals surface area contributed by atoms with E-state index in [2.05, 4.69) is 29.9 Å². The first kappa shape index (κ1) is 20.1. The summed E-state index contributed by atoms with van der Waals surface area (Å²) in [4.78, 5) is 24.7. The average Bonchev–Trinajstić information content (AvgIpc) is 2.81. The van der Waals surface area contributed by atoms with E-state index in [9.17, 15) is 0 Å². The molecule has 0 atom stereocenters. The highest BCUT2D eigenvalue weighted by Gasteiger charge is 2.07. The standard InChI is InChI=1S/C10H8ClN3O.C10H9N3O/c1-15-8-6-13-10(14-9(8)11)7-4-2-3-5-12-7;1-14-8-6-12-10(13-7-8)9-4-2-3-5-11-9/h2-6H,1H3;2-7H,1H3. The molecule has 0 aliphatic heterocycles. The molecule has 8 nitrogen and oxygen atoms in total. The van der Waals surface area contributed by atoms with Crippen molar-refractivity contribution in [2.45, 2.75) is 0 Å². The fourth-order valence-corrected chi connectivity index (χ4v) is 2.36. The Bertz CT molecular complexity index is 1030. The summed E-state index contributed by atoms with van der Waals surface area (Å²) in [5.74, 6) is 2.19. The highest BCUT2D eigenvalue weighted by Crippen LogP contribution is 2.22. The van der Waals surface area contributed by atoms with Gasteiger partial charge in [-0.15, -0.1) is 0 Å². The summed E-state index contributed by atoms with van der Waals surface area (Å²) in [6.45, 7) is 0. The Balaban J connectivity index is 0.000000166. The molecule has 146 valence electrons. The molecule has 0 saturated carbocycles. The third kappa shape index (κ3) is 5.43. The lowest BCUT2D eigenvalue weighted by Gasteiger charge is -2.03. The molecule has 0 aliphatic carbocycles. The topological polar surface area (TPSA) is 95.8 Å². The summed E-state index contributed by atoms with van der Waals surface area (Å²) in [5, 5.41) is 0.285. The van der Waals surface area contributed by atoms with Gasteiger partial charge >= 0.3 is 0 Å². The molecule has 0 spiro atoms. The second-order valence-electron chi connectivity index (χ2n) is 5.43. The van der Waals surface area contributed by atoms with Crippen LogP contribution < -0.4 is 9.47 Å². The molecule has 4 aromatic rings. The van der Waals surface area contributed by atoms with Crippen LogP contribution in [0.1, 0.15) is 0 Å². The van der Waals surface area contributed by atoms with Gasteiger partial charge in [-0.05, 0) is 24.3 Å². The van der Waals surface area contributed by atoms with Crippen molar-refractivity contribution in [2.24, 2.45) is 0 Å². The smallest absolute Gasteiger partial charge is 0.179 e. The number of halogens is 1.